The van der Waals surface area contributed by atoms with E-state index in [1.54, 1.807) is 13.0 Å². The van der Waals surface area contributed by atoms with E-state index in [0.717, 1.165) is 0 Å². The van der Waals surface area contributed by atoms with Gasteiger partial charge >= 0.3 is 17.9 Å². The Morgan fingerprint density at radius 3 is 2.24 bits per heavy atom. The molecule has 1 aliphatic carbocycles. The number of hydrogen-bond donors (Lipinski definition) is 1. The lowest BCUT2D eigenvalue weighted by atomic mass is 9.82. The van der Waals surface area contributed by atoms with Crippen LogP contribution in [-0.2, 0) is 38.1 Å². The second-order valence-electron chi connectivity index (χ2n) is 9.25. The van der Waals surface area contributed by atoms with E-state index in [-0.39, 0.29) is 37.9 Å². The number of carbonyl (C=O) groups is 3. The summed E-state index contributed by atoms with van der Waals surface area (Å²) in [5.41, 5.74) is -0.755. The molecular formula is C24H36O9. The van der Waals surface area contributed by atoms with Crippen molar-refractivity contribution in [3.05, 3.63) is 23.5 Å². The minimum atomic E-state index is -1.75. The van der Waals surface area contributed by atoms with E-state index in [2.05, 4.69) is 0 Å². The van der Waals surface area contributed by atoms with Gasteiger partial charge in [-0.1, -0.05) is 27.7 Å². The summed E-state index contributed by atoms with van der Waals surface area (Å²) in [4.78, 5) is 36.2. The number of fused-ring (bicyclic) bond motifs is 1. The van der Waals surface area contributed by atoms with Crippen LogP contribution in [0, 0.1) is 17.8 Å². The summed E-state index contributed by atoms with van der Waals surface area (Å²) in [5, 5.41) is 11.8. The molecule has 0 amide bonds. The second-order valence-corrected chi connectivity index (χ2v) is 9.25. The molecule has 0 aromatic heterocycles. The molecule has 4 unspecified atom stereocenters. The maximum atomic E-state index is 12.4. The molecule has 2 rings (SSSR count). The van der Waals surface area contributed by atoms with Crippen LogP contribution in [0.1, 0.15) is 54.4 Å². The Bertz CT molecular complexity index is 783. The minimum absolute atomic E-state index is 0.0707. The second kappa shape index (κ2) is 11.7. The fourth-order valence-electron chi connectivity index (χ4n) is 3.84. The summed E-state index contributed by atoms with van der Waals surface area (Å²) in [6.07, 6.45) is 1.06. The summed E-state index contributed by atoms with van der Waals surface area (Å²) >= 11 is 0. The number of esters is 3. The zero-order valence-electron chi connectivity index (χ0n) is 20.3. The van der Waals surface area contributed by atoms with E-state index in [1.807, 2.05) is 27.7 Å². The van der Waals surface area contributed by atoms with Crippen molar-refractivity contribution in [2.45, 2.75) is 72.4 Å². The quantitative estimate of drug-likeness (QED) is 0.361. The maximum absolute atomic E-state index is 12.4. The fourth-order valence-corrected chi connectivity index (χ4v) is 3.84. The smallest absolute Gasteiger partial charge is 0.309 e. The third-order valence-electron chi connectivity index (χ3n) is 5.31. The molecule has 4 atom stereocenters. The van der Waals surface area contributed by atoms with Crippen molar-refractivity contribution in [1.82, 2.24) is 0 Å². The average Bonchev–Trinajstić information content (AvgIpc) is 2.97. The fraction of sp³-hybridized carbons (Fsp3) is 0.708. The van der Waals surface area contributed by atoms with Gasteiger partial charge in [0.05, 0.1) is 18.8 Å². The zero-order chi connectivity index (χ0) is 24.8. The normalized spacial score (nSPS) is 26.3. The lowest BCUT2D eigenvalue weighted by Gasteiger charge is -2.40. The average molecular weight is 469 g/mol. The van der Waals surface area contributed by atoms with Gasteiger partial charge in [-0.2, -0.15) is 0 Å². The molecule has 0 aromatic rings. The van der Waals surface area contributed by atoms with Crippen molar-refractivity contribution in [1.29, 1.82) is 0 Å². The molecule has 0 saturated heterocycles. The Kier molecular flexibility index (Phi) is 9.48. The third kappa shape index (κ3) is 7.04. The summed E-state index contributed by atoms with van der Waals surface area (Å²) in [7, 11) is 0. The van der Waals surface area contributed by atoms with Crippen LogP contribution in [0.2, 0.25) is 0 Å². The van der Waals surface area contributed by atoms with Gasteiger partial charge in [0.25, 0.3) is 6.29 Å². The topological polar surface area (TPSA) is 118 Å². The molecular weight excluding hydrogens is 432 g/mol. The van der Waals surface area contributed by atoms with Crippen LogP contribution < -0.4 is 0 Å². The molecule has 0 bridgehead atoms. The number of carbonyl (C=O) groups excluding carboxylic acids is 3. The summed E-state index contributed by atoms with van der Waals surface area (Å²) < 4.78 is 27.6. The number of hydrogen-bond acceptors (Lipinski definition) is 9. The maximum Gasteiger partial charge on any atom is 0.309 e. The van der Waals surface area contributed by atoms with Gasteiger partial charge in [0, 0.05) is 31.9 Å². The highest BCUT2D eigenvalue weighted by Gasteiger charge is 2.59. The van der Waals surface area contributed by atoms with Crippen LogP contribution >= 0.6 is 0 Å². The molecule has 0 spiro atoms. The Balaban J connectivity index is 2.41. The first-order chi connectivity index (χ1) is 15.5. The number of ether oxygens (including phenoxy) is 5. The van der Waals surface area contributed by atoms with Crippen molar-refractivity contribution in [3.63, 3.8) is 0 Å². The molecule has 2 aliphatic rings. The van der Waals surface area contributed by atoms with Crippen molar-refractivity contribution >= 4 is 17.9 Å². The van der Waals surface area contributed by atoms with E-state index in [0.29, 0.717) is 17.8 Å². The Morgan fingerprint density at radius 1 is 1.09 bits per heavy atom. The highest BCUT2D eigenvalue weighted by molar-refractivity contribution is 5.71. The molecule has 1 heterocycles. The van der Waals surface area contributed by atoms with E-state index in [4.69, 9.17) is 23.7 Å². The first-order valence-electron chi connectivity index (χ1n) is 11.4. The lowest BCUT2D eigenvalue weighted by molar-refractivity contribution is -0.217. The molecule has 33 heavy (non-hydrogen) atoms. The van der Waals surface area contributed by atoms with Crippen molar-refractivity contribution < 1.29 is 43.2 Å². The first kappa shape index (κ1) is 26.9. The molecule has 0 saturated carbocycles. The zero-order valence-corrected chi connectivity index (χ0v) is 20.3. The predicted octanol–water partition coefficient (Wildman–Crippen LogP) is 2.66. The Morgan fingerprint density at radius 2 is 1.70 bits per heavy atom. The van der Waals surface area contributed by atoms with E-state index in [9.17, 15) is 19.5 Å². The Labute approximate surface area is 195 Å². The van der Waals surface area contributed by atoms with Crippen molar-refractivity contribution in [3.8, 4) is 0 Å². The SMILES string of the molecule is CCOCC1(O)C(OC(=O)CC(C)C)C=C2C(COC(C)=O)=COC(OC(=O)CC(C)C)C21. The van der Waals surface area contributed by atoms with Crippen LogP contribution in [0.5, 0.6) is 0 Å². The highest BCUT2D eigenvalue weighted by atomic mass is 16.7. The largest absolute Gasteiger partial charge is 0.461 e. The summed E-state index contributed by atoms with van der Waals surface area (Å²) in [6.45, 7) is 10.6. The standard InChI is InChI=1S/C24H36O9/c1-7-29-13-24(28)19(32-20(26)8-14(2)3)10-18-17(11-30-16(6)25)12-31-23(22(18)24)33-21(27)9-15(4)5/h10,12,14-15,19,22-23,28H,7-9,11,13H2,1-6H3. The molecule has 1 aliphatic heterocycles. The van der Waals surface area contributed by atoms with Gasteiger partial charge in [-0.05, 0) is 30.4 Å². The third-order valence-corrected chi connectivity index (χ3v) is 5.31. The van der Waals surface area contributed by atoms with Gasteiger partial charge in [0.15, 0.2) is 6.10 Å². The molecule has 186 valence electrons. The minimum Gasteiger partial charge on any atom is -0.461 e. The highest BCUT2D eigenvalue weighted by Crippen LogP contribution is 2.47. The van der Waals surface area contributed by atoms with Gasteiger partial charge in [-0.3, -0.25) is 14.4 Å². The van der Waals surface area contributed by atoms with E-state index in [1.165, 1.54) is 13.2 Å². The van der Waals surface area contributed by atoms with Gasteiger partial charge in [0.1, 0.15) is 12.2 Å². The molecule has 9 heteroatoms. The molecule has 1 N–H and O–H groups in total. The van der Waals surface area contributed by atoms with E-state index < -0.39 is 41.8 Å². The van der Waals surface area contributed by atoms with Gasteiger partial charge in [-0.15, -0.1) is 0 Å². The Hall–Kier alpha value is -2.39. The summed E-state index contributed by atoms with van der Waals surface area (Å²) in [6, 6.07) is 0. The van der Waals surface area contributed by atoms with Crippen LogP contribution in [0.4, 0.5) is 0 Å². The molecule has 9 nitrogen and oxygen atoms in total. The monoisotopic (exact) mass is 468 g/mol. The van der Waals surface area contributed by atoms with Crippen molar-refractivity contribution in [2.24, 2.45) is 17.8 Å². The number of aliphatic hydroxyl groups is 1. The molecule has 0 aromatic carbocycles. The van der Waals surface area contributed by atoms with Crippen molar-refractivity contribution in [2.75, 3.05) is 19.8 Å². The van der Waals surface area contributed by atoms with Gasteiger partial charge in [-0.25, -0.2) is 0 Å². The van der Waals surface area contributed by atoms with Crippen LogP contribution in [0.25, 0.3) is 0 Å². The van der Waals surface area contributed by atoms with E-state index >= 15 is 0 Å². The van der Waals surface area contributed by atoms with Crippen LogP contribution in [0.15, 0.2) is 23.5 Å². The first-order valence-corrected chi connectivity index (χ1v) is 11.4. The molecule has 0 radical (unpaired) electrons. The number of rotatable bonds is 11. The predicted molar refractivity (Wildman–Crippen MR) is 117 cm³/mol. The van der Waals surface area contributed by atoms with Crippen LogP contribution in [0.3, 0.4) is 0 Å². The lowest BCUT2D eigenvalue weighted by Crippen LogP contribution is -2.55. The van der Waals surface area contributed by atoms with Crippen LogP contribution in [-0.4, -0.2) is 60.8 Å². The summed E-state index contributed by atoms with van der Waals surface area (Å²) in [5.74, 6) is -2.21. The van der Waals surface area contributed by atoms with Gasteiger partial charge < -0.3 is 28.8 Å². The van der Waals surface area contributed by atoms with Gasteiger partial charge in [0.2, 0.25) is 0 Å². The molecule has 0 fully saturated rings.